The van der Waals surface area contributed by atoms with Crippen molar-refractivity contribution in [3.8, 4) is 0 Å². The van der Waals surface area contributed by atoms with E-state index in [1.807, 2.05) is 11.8 Å². The maximum absolute atomic E-state index is 2.26. The summed E-state index contributed by atoms with van der Waals surface area (Å²) in [5, 5.41) is 0. The van der Waals surface area contributed by atoms with Gasteiger partial charge in [0.05, 0.1) is 0 Å². The summed E-state index contributed by atoms with van der Waals surface area (Å²) < 4.78 is 0. The second-order valence-electron chi connectivity index (χ2n) is 3.09. The first-order valence-electron chi connectivity index (χ1n) is 4.64. The van der Waals surface area contributed by atoms with Crippen molar-refractivity contribution >= 4 is 11.8 Å². The van der Waals surface area contributed by atoms with Gasteiger partial charge in [-0.05, 0) is 36.8 Å². The minimum absolute atomic E-state index is 1.12. The molecule has 0 spiro atoms. The second-order valence-corrected chi connectivity index (χ2v) is 4.38. The van der Waals surface area contributed by atoms with Crippen LogP contribution in [0.5, 0.6) is 0 Å². The summed E-state index contributed by atoms with van der Waals surface area (Å²) in [6.45, 7) is 6.49. The fraction of sp³-hybridized carbons (Fsp3) is 0.333. The molecule has 0 aliphatic carbocycles. The average molecular weight is 192 g/mol. The Hall–Kier alpha value is -0.690. The van der Waals surface area contributed by atoms with Gasteiger partial charge in [-0.15, -0.1) is 0 Å². The molecule has 0 fully saturated rings. The van der Waals surface area contributed by atoms with E-state index in [0.29, 0.717) is 0 Å². The topological polar surface area (TPSA) is 0 Å². The molecule has 1 aromatic rings. The van der Waals surface area contributed by atoms with Gasteiger partial charge in [-0.2, -0.15) is 0 Å². The molecular formula is C12H16S. The lowest BCUT2D eigenvalue weighted by molar-refractivity contribution is 1.21. The third kappa shape index (κ3) is 3.27. The molecule has 0 radical (unpaired) electrons. The van der Waals surface area contributed by atoms with E-state index in [0.717, 1.165) is 6.42 Å². The molecule has 0 aliphatic heterocycles. The summed E-state index contributed by atoms with van der Waals surface area (Å²) in [5.74, 6) is 0. The van der Waals surface area contributed by atoms with Crippen LogP contribution in [0.15, 0.2) is 40.1 Å². The monoisotopic (exact) mass is 192 g/mol. The predicted octanol–water partition coefficient (Wildman–Crippen LogP) is 4.40. The lowest BCUT2D eigenvalue weighted by Gasteiger charge is -2.04. The summed E-state index contributed by atoms with van der Waals surface area (Å²) in [5.41, 5.74) is 1.36. The van der Waals surface area contributed by atoms with Crippen molar-refractivity contribution in [1.82, 2.24) is 0 Å². The van der Waals surface area contributed by atoms with Crippen LogP contribution in [0.25, 0.3) is 0 Å². The molecule has 1 rings (SSSR count). The molecule has 0 heterocycles. The molecule has 0 saturated carbocycles. The number of aryl methyl sites for hydroxylation is 1. The molecule has 70 valence electrons. The van der Waals surface area contributed by atoms with Gasteiger partial charge in [0.2, 0.25) is 0 Å². The van der Waals surface area contributed by atoms with E-state index in [-0.39, 0.29) is 0 Å². The smallest absolute Gasteiger partial charge is 0.0148 e. The first-order valence-corrected chi connectivity index (χ1v) is 5.46. The summed E-state index contributed by atoms with van der Waals surface area (Å²) >= 11 is 1.86. The van der Waals surface area contributed by atoms with E-state index in [2.05, 4.69) is 51.1 Å². The van der Waals surface area contributed by atoms with Gasteiger partial charge in [0.15, 0.2) is 0 Å². The SMILES string of the molecule is CC/C=C(\C)Sc1ccccc1C. The average Bonchev–Trinajstić information content (AvgIpc) is 2.09. The zero-order valence-electron chi connectivity index (χ0n) is 8.50. The highest BCUT2D eigenvalue weighted by atomic mass is 32.2. The molecular weight excluding hydrogens is 176 g/mol. The minimum atomic E-state index is 1.12. The van der Waals surface area contributed by atoms with Crippen molar-refractivity contribution in [3.63, 3.8) is 0 Å². The Bertz CT molecular complexity index is 300. The van der Waals surface area contributed by atoms with Gasteiger partial charge >= 0.3 is 0 Å². The van der Waals surface area contributed by atoms with E-state index in [1.165, 1.54) is 15.4 Å². The van der Waals surface area contributed by atoms with Crippen LogP contribution in [0.3, 0.4) is 0 Å². The van der Waals surface area contributed by atoms with E-state index in [1.54, 1.807) is 0 Å². The number of rotatable bonds is 3. The van der Waals surface area contributed by atoms with Crippen LogP contribution in [0.2, 0.25) is 0 Å². The maximum Gasteiger partial charge on any atom is 0.0148 e. The Morgan fingerprint density at radius 1 is 1.38 bits per heavy atom. The maximum atomic E-state index is 2.26. The Morgan fingerprint density at radius 3 is 2.69 bits per heavy atom. The molecule has 0 atom stereocenters. The molecule has 0 nitrogen and oxygen atoms in total. The van der Waals surface area contributed by atoms with Gasteiger partial charge < -0.3 is 0 Å². The Labute approximate surface area is 85.1 Å². The van der Waals surface area contributed by atoms with Crippen molar-refractivity contribution in [3.05, 3.63) is 40.8 Å². The third-order valence-corrected chi connectivity index (χ3v) is 3.02. The van der Waals surface area contributed by atoms with Crippen molar-refractivity contribution < 1.29 is 0 Å². The van der Waals surface area contributed by atoms with Crippen LogP contribution in [0.4, 0.5) is 0 Å². The number of hydrogen-bond donors (Lipinski definition) is 0. The van der Waals surface area contributed by atoms with Crippen LogP contribution in [0, 0.1) is 6.92 Å². The van der Waals surface area contributed by atoms with Crippen LogP contribution in [-0.2, 0) is 0 Å². The van der Waals surface area contributed by atoms with Crippen molar-refractivity contribution in [2.75, 3.05) is 0 Å². The van der Waals surface area contributed by atoms with Crippen LogP contribution >= 0.6 is 11.8 Å². The molecule has 0 saturated heterocycles. The number of benzene rings is 1. The molecule has 13 heavy (non-hydrogen) atoms. The fourth-order valence-corrected chi connectivity index (χ4v) is 2.15. The largest absolute Gasteiger partial charge is 0.0949 e. The van der Waals surface area contributed by atoms with Gasteiger partial charge in [-0.25, -0.2) is 0 Å². The lowest BCUT2D eigenvalue weighted by Crippen LogP contribution is -1.77. The predicted molar refractivity (Wildman–Crippen MR) is 61.1 cm³/mol. The Morgan fingerprint density at radius 2 is 2.08 bits per heavy atom. The van der Waals surface area contributed by atoms with E-state index < -0.39 is 0 Å². The number of hydrogen-bond acceptors (Lipinski definition) is 1. The van der Waals surface area contributed by atoms with Crippen LogP contribution in [-0.4, -0.2) is 0 Å². The normalized spacial score (nSPS) is 11.8. The molecule has 0 aromatic heterocycles. The summed E-state index contributed by atoms with van der Waals surface area (Å²) in [6.07, 6.45) is 3.38. The van der Waals surface area contributed by atoms with Crippen molar-refractivity contribution in [1.29, 1.82) is 0 Å². The second kappa shape index (κ2) is 5.13. The zero-order chi connectivity index (χ0) is 9.68. The van der Waals surface area contributed by atoms with E-state index in [9.17, 15) is 0 Å². The Kier molecular flexibility index (Phi) is 4.10. The van der Waals surface area contributed by atoms with Crippen LogP contribution < -0.4 is 0 Å². The standard InChI is InChI=1S/C12H16S/c1-4-7-11(3)13-12-9-6-5-8-10(12)2/h5-9H,4H2,1-3H3/b11-7+. The third-order valence-electron chi connectivity index (χ3n) is 1.86. The van der Waals surface area contributed by atoms with Gasteiger partial charge in [-0.3, -0.25) is 0 Å². The van der Waals surface area contributed by atoms with Crippen molar-refractivity contribution in [2.45, 2.75) is 32.1 Å². The molecule has 0 aliphatic rings. The highest BCUT2D eigenvalue weighted by Gasteiger charge is 1.97. The van der Waals surface area contributed by atoms with Gasteiger partial charge in [0.25, 0.3) is 0 Å². The molecule has 0 N–H and O–H groups in total. The highest BCUT2D eigenvalue weighted by molar-refractivity contribution is 8.03. The fourth-order valence-electron chi connectivity index (χ4n) is 1.17. The van der Waals surface area contributed by atoms with Gasteiger partial charge in [0.1, 0.15) is 0 Å². The number of allylic oxidation sites excluding steroid dienone is 2. The molecule has 0 bridgehead atoms. The zero-order valence-corrected chi connectivity index (χ0v) is 9.32. The summed E-state index contributed by atoms with van der Waals surface area (Å²) in [4.78, 5) is 2.75. The summed E-state index contributed by atoms with van der Waals surface area (Å²) in [6, 6.07) is 8.50. The van der Waals surface area contributed by atoms with Gasteiger partial charge in [0, 0.05) is 4.90 Å². The number of thioether (sulfide) groups is 1. The van der Waals surface area contributed by atoms with Crippen LogP contribution in [0.1, 0.15) is 25.8 Å². The molecule has 0 unspecified atom stereocenters. The summed E-state index contributed by atoms with van der Waals surface area (Å²) in [7, 11) is 0. The highest BCUT2D eigenvalue weighted by Crippen LogP contribution is 2.28. The molecule has 1 aromatic carbocycles. The quantitative estimate of drug-likeness (QED) is 0.640. The minimum Gasteiger partial charge on any atom is -0.0949 e. The van der Waals surface area contributed by atoms with E-state index >= 15 is 0 Å². The van der Waals surface area contributed by atoms with Gasteiger partial charge in [-0.1, -0.05) is 43.0 Å². The van der Waals surface area contributed by atoms with E-state index in [4.69, 9.17) is 0 Å². The Balaban J connectivity index is 2.74. The lowest BCUT2D eigenvalue weighted by atomic mass is 10.2. The molecule has 0 amide bonds. The van der Waals surface area contributed by atoms with Crippen molar-refractivity contribution in [2.24, 2.45) is 0 Å². The first-order chi connectivity index (χ1) is 6.24. The molecule has 1 heteroatoms. The first kappa shape index (κ1) is 10.4.